The standard InChI is InChI=1S/C7H5ClF3NO5S/c1-16-5-3(18(8,14)15)2-12-6(4(5)13)17-7(9,10)11/h2,13H,1H3. The quantitative estimate of drug-likeness (QED) is 0.854. The molecule has 1 N–H and O–H groups in total. The molecule has 6 nitrogen and oxygen atoms in total. The number of ether oxygens (including phenoxy) is 2. The van der Waals surface area contributed by atoms with Gasteiger partial charge in [-0.25, -0.2) is 13.4 Å². The molecule has 0 radical (unpaired) electrons. The zero-order valence-electron chi connectivity index (χ0n) is 8.52. The number of hydrogen-bond donors (Lipinski definition) is 1. The molecule has 0 aromatic carbocycles. The molecule has 0 aliphatic heterocycles. The molecule has 0 amide bonds. The van der Waals surface area contributed by atoms with Crippen molar-refractivity contribution >= 4 is 19.7 Å². The molecule has 0 spiro atoms. The van der Waals surface area contributed by atoms with E-state index in [2.05, 4.69) is 14.5 Å². The number of methoxy groups -OCH3 is 1. The van der Waals surface area contributed by atoms with Gasteiger partial charge in [-0.2, -0.15) is 0 Å². The van der Waals surface area contributed by atoms with Crippen molar-refractivity contribution in [2.45, 2.75) is 11.3 Å². The third-order valence-electron chi connectivity index (χ3n) is 1.62. The molecule has 1 rings (SSSR count). The Bertz CT molecular complexity index is 559. The van der Waals surface area contributed by atoms with Gasteiger partial charge in [-0.3, -0.25) is 0 Å². The average Bonchev–Trinajstić information content (AvgIpc) is 2.17. The van der Waals surface area contributed by atoms with Gasteiger partial charge in [0.25, 0.3) is 14.9 Å². The molecule has 18 heavy (non-hydrogen) atoms. The first-order valence-corrected chi connectivity index (χ1v) is 6.33. The summed E-state index contributed by atoms with van der Waals surface area (Å²) in [5.41, 5.74) is 0. The van der Waals surface area contributed by atoms with Crippen LogP contribution in [0.25, 0.3) is 0 Å². The van der Waals surface area contributed by atoms with Crippen LogP contribution in [0.4, 0.5) is 13.2 Å². The number of alkyl halides is 3. The Labute approximate surface area is 103 Å². The van der Waals surface area contributed by atoms with E-state index in [4.69, 9.17) is 10.7 Å². The largest absolute Gasteiger partial charge is 0.574 e. The van der Waals surface area contributed by atoms with E-state index in [-0.39, 0.29) is 0 Å². The molecule has 0 aliphatic rings. The first-order chi connectivity index (χ1) is 8.06. The molecule has 1 aromatic heterocycles. The van der Waals surface area contributed by atoms with E-state index < -0.39 is 37.7 Å². The Kier molecular flexibility index (Phi) is 3.81. The zero-order valence-corrected chi connectivity index (χ0v) is 10.1. The average molecular weight is 308 g/mol. The van der Waals surface area contributed by atoms with Gasteiger partial charge < -0.3 is 14.6 Å². The molecule has 0 atom stereocenters. The molecule has 102 valence electrons. The summed E-state index contributed by atoms with van der Waals surface area (Å²) in [4.78, 5) is 2.22. The van der Waals surface area contributed by atoms with E-state index in [1.54, 1.807) is 0 Å². The maximum absolute atomic E-state index is 11.9. The highest BCUT2D eigenvalue weighted by molar-refractivity contribution is 8.13. The van der Waals surface area contributed by atoms with Crippen LogP contribution in [0, 0.1) is 0 Å². The van der Waals surface area contributed by atoms with E-state index in [0.717, 1.165) is 7.11 Å². The Balaban J connectivity index is 3.39. The highest BCUT2D eigenvalue weighted by Gasteiger charge is 2.35. The number of hydrogen-bond acceptors (Lipinski definition) is 6. The number of halogens is 4. The lowest BCUT2D eigenvalue weighted by Crippen LogP contribution is -2.18. The van der Waals surface area contributed by atoms with Crippen molar-refractivity contribution in [1.29, 1.82) is 0 Å². The molecule has 0 fully saturated rings. The number of aromatic hydroxyl groups is 1. The van der Waals surface area contributed by atoms with Gasteiger partial charge in [-0.1, -0.05) is 0 Å². The highest BCUT2D eigenvalue weighted by atomic mass is 35.7. The number of aromatic nitrogens is 1. The van der Waals surface area contributed by atoms with E-state index in [0.29, 0.717) is 6.20 Å². The molecule has 0 aliphatic carbocycles. The Morgan fingerprint density at radius 2 is 2.00 bits per heavy atom. The van der Waals surface area contributed by atoms with E-state index in [1.165, 1.54) is 0 Å². The van der Waals surface area contributed by atoms with E-state index >= 15 is 0 Å². The minimum atomic E-state index is -5.10. The van der Waals surface area contributed by atoms with Crippen LogP contribution in [-0.4, -0.2) is 32.0 Å². The summed E-state index contributed by atoms with van der Waals surface area (Å²) >= 11 is 0. The van der Waals surface area contributed by atoms with Crippen LogP contribution in [0.1, 0.15) is 0 Å². The van der Waals surface area contributed by atoms with Crippen molar-refractivity contribution in [1.82, 2.24) is 4.98 Å². The van der Waals surface area contributed by atoms with E-state index in [1.807, 2.05) is 0 Å². The molecule has 1 heterocycles. The van der Waals surface area contributed by atoms with Gasteiger partial charge in [-0.15, -0.1) is 13.2 Å². The summed E-state index contributed by atoms with van der Waals surface area (Å²) in [6.45, 7) is 0. The second-order valence-corrected chi connectivity index (χ2v) is 5.33. The smallest absolute Gasteiger partial charge is 0.500 e. The van der Waals surface area contributed by atoms with Gasteiger partial charge in [0.1, 0.15) is 4.90 Å². The summed E-state index contributed by atoms with van der Waals surface area (Å²) in [6.07, 6.45) is -4.63. The zero-order chi connectivity index (χ0) is 14.1. The third kappa shape index (κ3) is 3.29. The molecule has 0 saturated heterocycles. The fourth-order valence-corrected chi connectivity index (χ4v) is 1.92. The Morgan fingerprint density at radius 1 is 1.44 bits per heavy atom. The monoisotopic (exact) mass is 307 g/mol. The molecule has 0 saturated carbocycles. The predicted molar refractivity (Wildman–Crippen MR) is 52.2 cm³/mol. The van der Waals surface area contributed by atoms with Gasteiger partial charge in [0.15, 0.2) is 5.75 Å². The minimum absolute atomic E-state index is 0.474. The summed E-state index contributed by atoms with van der Waals surface area (Å²) < 4.78 is 65.7. The number of rotatable bonds is 3. The number of nitrogens with zero attached hydrogens (tertiary/aromatic N) is 1. The van der Waals surface area contributed by atoms with Crippen molar-refractivity contribution in [2.75, 3.05) is 7.11 Å². The van der Waals surface area contributed by atoms with Crippen LogP contribution in [-0.2, 0) is 9.05 Å². The summed E-state index contributed by atoms with van der Waals surface area (Å²) in [6, 6.07) is 0. The van der Waals surface area contributed by atoms with Gasteiger partial charge in [0.05, 0.1) is 13.3 Å². The second-order valence-electron chi connectivity index (χ2n) is 2.80. The molecule has 11 heteroatoms. The molecule has 1 aromatic rings. The Hall–Kier alpha value is -1.42. The normalized spacial score (nSPS) is 12.3. The van der Waals surface area contributed by atoms with Crippen LogP contribution in [0.2, 0.25) is 0 Å². The van der Waals surface area contributed by atoms with Crippen molar-refractivity contribution in [3.63, 3.8) is 0 Å². The maximum Gasteiger partial charge on any atom is 0.574 e. The predicted octanol–water partition coefficient (Wildman–Crippen LogP) is 1.62. The lowest BCUT2D eigenvalue weighted by atomic mass is 10.4. The fraction of sp³-hybridized carbons (Fsp3) is 0.286. The highest BCUT2D eigenvalue weighted by Crippen LogP contribution is 2.41. The van der Waals surface area contributed by atoms with Crippen molar-refractivity contribution in [3.8, 4) is 17.4 Å². The molecular formula is C7H5ClF3NO5S. The fourth-order valence-electron chi connectivity index (χ4n) is 1.01. The molecule has 0 unspecified atom stereocenters. The van der Waals surface area contributed by atoms with Gasteiger partial charge in [0, 0.05) is 10.7 Å². The van der Waals surface area contributed by atoms with Crippen molar-refractivity contribution < 1.29 is 36.2 Å². The summed E-state index contributed by atoms with van der Waals surface area (Å²) in [5, 5.41) is 9.36. The lowest BCUT2D eigenvalue weighted by Gasteiger charge is -2.12. The second kappa shape index (κ2) is 4.69. The van der Waals surface area contributed by atoms with Gasteiger partial charge in [0.2, 0.25) is 5.75 Å². The number of pyridine rings is 1. The van der Waals surface area contributed by atoms with Crippen LogP contribution in [0.3, 0.4) is 0 Å². The van der Waals surface area contributed by atoms with Gasteiger partial charge in [-0.05, 0) is 0 Å². The van der Waals surface area contributed by atoms with Gasteiger partial charge >= 0.3 is 6.36 Å². The van der Waals surface area contributed by atoms with Crippen LogP contribution >= 0.6 is 10.7 Å². The first kappa shape index (κ1) is 14.6. The summed E-state index contributed by atoms with van der Waals surface area (Å²) in [5.74, 6) is -3.26. The maximum atomic E-state index is 11.9. The van der Waals surface area contributed by atoms with Crippen LogP contribution < -0.4 is 9.47 Å². The van der Waals surface area contributed by atoms with Crippen molar-refractivity contribution in [3.05, 3.63) is 6.20 Å². The minimum Gasteiger partial charge on any atom is -0.500 e. The topological polar surface area (TPSA) is 85.7 Å². The van der Waals surface area contributed by atoms with E-state index in [9.17, 15) is 26.7 Å². The van der Waals surface area contributed by atoms with Crippen LogP contribution in [0.5, 0.6) is 17.4 Å². The molecular weight excluding hydrogens is 303 g/mol. The first-order valence-electron chi connectivity index (χ1n) is 4.02. The Morgan fingerprint density at radius 3 is 2.39 bits per heavy atom. The van der Waals surface area contributed by atoms with Crippen LogP contribution in [0.15, 0.2) is 11.1 Å². The lowest BCUT2D eigenvalue weighted by molar-refractivity contribution is -0.276. The van der Waals surface area contributed by atoms with Crippen molar-refractivity contribution in [2.24, 2.45) is 0 Å². The third-order valence-corrected chi connectivity index (χ3v) is 2.93. The SMILES string of the molecule is COc1c(S(=O)(=O)Cl)cnc(OC(F)(F)F)c1O. The summed E-state index contributed by atoms with van der Waals surface area (Å²) in [7, 11) is 1.57. The molecule has 0 bridgehead atoms.